The van der Waals surface area contributed by atoms with Crippen LogP contribution < -0.4 is 10.5 Å². The second kappa shape index (κ2) is 7.71. The highest BCUT2D eigenvalue weighted by Crippen LogP contribution is 2.39. The number of benzene rings is 2. The first-order valence-corrected chi connectivity index (χ1v) is 10.1. The van der Waals surface area contributed by atoms with Gasteiger partial charge >= 0.3 is 5.69 Å². The van der Waals surface area contributed by atoms with Crippen molar-refractivity contribution < 1.29 is 18.8 Å². The zero-order chi connectivity index (χ0) is 23.2. The monoisotopic (exact) mass is 435 g/mol. The summed E-state index contributed by atoms with van der Waals surface area (Å²) in [6.07, 6.45) is 1.27. The Bertz CT molecular complexity index is 1270. The van der Waals surface area contributed by atoms with Crippen molar-refractivity contribution in [1.82, 2.24) is 4.98 Å². The fraction of sp³-hybridized carbons (Fsp3) is 0.250. The van der Waals surface area contributed by atoms with Crippen molar-refractivity contribution in [3.63, 3.8) is 0 Å². The van der Waals surface area contributed by atoms with E-state index in [1.807, 2.05) is 6.07 Å². The molecule has 1 aliphatic heterocycles. The molecule has 2 heterocycles. The van der Waals surface area contributed by atoms with Gasteiger partial charge in [0.2, 0.25) is 5.82 Å². The molecule has 164 valence electrons. The quantitative estimate of drug-likeness (QED) is 0.351. The van der Waals surface area contributed by atoms with Gasteiger partial charge < -0.3 is 10.5 Å². The summed E-state index contributed by atoms with van der Waals surface area (Å²) in [5, 5.41) is 11.5. The Morgan fingerprint density at radius 1 is 1.25 bits per heavy atom. The second-order valence-corrected chi connectivity index (χ2v) is 8.57. The number of pyridine rings is 1. The molecule has 0 bridgehead atoms. The average molecular weight is 435 g/mol. The molecule has 0 saturated carbocycles. The first-order chi connectivity index (χ1) is 15.1. The van der Waals surface area contributed by atoms with Crippen molar-refractivity contribution in [3.05, 3.63) is 80.8 Å². The summed E-state index contributed by atoms with van der Waals surface area (Å²) < 4.78 is 20.2. The number of anilines is 1. The molecule has 0 fully saturated rings. The molecule has 0 unspecified atom stereocenters. The van der Waals surface area contributed by atoms with Gasteiger partial charge in [0.15, 0.2) is 5.78 Å². The van der Waals surface area contributed by atoms with Crippen LogP contribution >= 0.6 is 0 Å². The van der Waals surface area contributed by atoms with Crippen molar-refractivity contribution in [2.24, 2.45) is 0 Å². The number of ketones is 1. The van der Waals surface area contributed by atoms with Crippen molar-refractivity contribution in [2.45, 2.75) is 32.6 Å². The van der Waals surface area contributed by atoms with E-state index in [4.69, 9.17) is 10.5 Å². The third kappa shape index (κ3) is 3.68. The molecule has 0 amide bonds. The molecule has 0 aliphatic carbocycles. The highest BCUT2D eigenvalue weighted by molar-refractivity contribution is 5.98. The maximum atomic E-state index is 14.5. The molecule has 2 N–H and O–H groups in total. The van der Waals surface area contributed by atoms with E-state index in [0.29, 0.717) is 34.6 Å². The Morgan fingerprint density at radius 2 is 2.00 bits per heavy atom. The number of nitrogen functional groups attached to an aromatic ring is 1. The molecule has 8 heteroatoms. The summed E-state index contributed by atoms with van der Waals surface area (Å²) in [6, 6.07) is 9.26. The number of ether oxygens (including phenoxy) is 1. The van der Waals surface area contributed by atoms with Gasteiger partial charge in [0.05, 0.1) is 17.1 Å². The highest BCUT2D eigenvalue weighted by Gasteiger charge is 2.32. The molecular weight excluding hydrogens is 413 g/mol. The van der Waals surface area contributed by atoms with Crippen molar-refractivity contribution in [2.75, 3.05) is 12.3 Å². The largest absolute Gasteiger partial charge is 0.492 e. The van der Waals surface area contributed by atoms with Crippen LogP contribution in [0.15, 0.2) is 42.6 Å². The summed E-state index contributed by atoms with van der Waals surface area (Å²) in [7, 11) is 0. The normalized spacial score (nSPS) is 14.0. The molecule has 0 radical (unpaired) electrons. The van der Waals surface area contributed by atoms with Crippen LogP contribution in [-0.2, 0) is 11.8 Å². The van der Waals surface area contributed by atoms with Crippen LogP contribution in [0.2, 0.25) is 0 Å². The zero-order valence-corrected chi connectivity index (χ0v) is 17.9. The standard InChI is InChI=1S/C24H22FN3O4/c1-13-15(9-20(29)14-4-5-19-21(10-14)32-12-24(19,2)3)8-16(25)11-18(13)17-6-7-27-23(26)22(17)28(30)31/h4-8,10-11H,9,12H2,1-3H3,(H2,26,27). The van der Waals surface area contributed by atoms with E-state index in [2.05, 4.69) is 18.8 Å². The molecule has 3 aromatic rings. The van der Waals surface area contributed by atoms with Crippen LogP contribution in [0.3, 0.4) is 0 Å². The van der Waals surface area contributed by atoms with Crippen LogP contribution in [0.1, 0.15) is 40.9 Å². The SMILES string of the molecule is Cc1c(CC(=O)c2ccc3c(c2)OCC3(C)C)cc(F)cc1-c1ccnc(N)c1[N+](=O)[O-]. The lowest BCUT2D eigenvalue weighted by Crippen LogP contribution is -2.18. The summed E-state index contributed by atoms with van der Waals surface area (Å²) in [4.78, 5) is 27.6. The zero-order valence-electron chi connectivity index (χ0n) is 17.9. The minimum absolute atomic E-state index is 0.0624. The van der Waals surface area contributed by atoms with Gasteiger partial charge in [0, 0.05) is 29.2 Å². The van der Waals surface area contributed by atoms with Crippen LogP contribution in [0.5, 0.6) is 5.75 Å². The number of carbonyl (C=O) groups is 1. The van der Waals surface area contributed by atoms with E-state index in [1.165, 1.54) is 24.4 Å². The number of carbonyl (C=O) groups excluding carboxylic acids is 1. The lowest BCUT2D eigenvalue weighted by Gasteiger charge is -2.15. The average Bonchev–Trinajstić information content (AvgIpc) is 3.04. The first-order valence-electron chi connectivity index (χ1n) is 10.1. The maximum Gasteiger partial charge on any atom is 0.318 e. The van der Waals surface area contributed by atoms with Gasteiger partial charge in [-0.3, -0.25) is 14.9 Å². The number of hydrogen-bond donors (Lipinski definition) is 1. The number of halogens is 1. The van der Waals surface area contributed by atoms with Gasteiger partial charge in [-0.25, -0.2) is 9.37 Å². The lowest BCUT2D eigenvalue weighted by molar-refractivity contribution is -0.383. The Morgan fingerprint density at radius 3 is 2.72 bits per heavy atom. The van der Waals surface area contributed by atoms with Crippen LogP contribution in [-0.4, -0.2) is 22.3 Å². The third-order valence-electron chi connectivity index (χ3n) is 5.88. The molecule has 0 spiro atoms. The summed E-state index contributed by atoms with van der Waals surface area (Å²) in [5.74, 6) is -0.378. The Hall–Kier alpha value is -3.81. The smallest absolute Gasteiger partial charge is 0.318 e. The van der Waals surface area contributed by atoms with Crippen LogP contribution in [0, 0.1) is 22.9 Å². The van der Waals surface area contributed by atoms with E-state index in [9.17, 15) is 19.3 Å². The maximum absolute atomic E-state index is 14.5. The lowest BCUT2D eigenvalue weighted by atomic mass is 9.86. The van der Waals surface area contributed by atoms with Crippen molar-refractivity contribution >= 4 is 17.3 Å². The van der Waals surface area contributed by atoms with E-state index in [-0.39, 0.29) is 29.0 Å². The van der Waals surface area contributed by atoms with Crippen LogP contribution in [0.25, 0.3) is 11.1 Å². The van der Waals surface area contributed by atoms with Gasteiger partial charge in [-0.1, -0.05) is 26.0 Å². The molecule has 1 aromatic heterocycles. The Labute approximate surface area is 184 Å². The molecule has 0 atom stereocenters. The second-order valence-electron chi connectivity index (χ2n) is 8.57. The topological polar surface area (TPSA) is 108 Å². The molecule has 4 rings (SSSR count). The number of aromatic nitrogens is 1. The minimum Gasteiger partial charge on any atom is -0.492 e. The Balaban J connectivity index is 1.71. The van der Waals surface area contributed by atoms with Crippen LogP contribution in [0.4, 0.5) is 15.9 Å². The highest BCUT2D eigenvalue weighted by atomic mass is 19.1. The van der Waals surface area contributed by atoms with Gasteiger partial charge in [-0.2, -0.15) is 0 Å². The number of nitrogens with zero attached hydrogens (tertiary/aromatic N) is 2. The fourth-order valence-corrected chi connectivity index (χ4v) is 4.06. The van der Waals surface area contributed by atoms with Gasteiger partial charge in [0.25, 0.3) is 0 Å². The summed E-state index contributed by atoms with van der Waals surface area (Å²) in [5.41, 5.74) is 8.15. The molecule has 32 heavy (non-hydrogen) atoms. The molecule has 2 aromatic carbocycles. The van der Waals surface area contributed by atoms with E-state index >= 15 is 0 Å². The number of hydrogen-bond acceptors (Lipinski definition) is 6. The first kappa shape index (κ1) is 21.4. The number of fused-ring (bicyclic) bond motifs is 1. The number of Topliss-reactive ketones (excluding diaryl/α,β-unsaturated/α-hetero) is 1. The summed E-state index contributed by atoms with van der Waals surface area (Å²) in [6.45, 7) is 6.39. The summed E-state index contributed by atoms with van der Waals surface area (Å²) >= 11 is 0. The van der Waals surface area contributed by atoms with Crippen molar-refractivity contribution in [1.29, 1.82) is 0 Å². The fourth-order valence-electron chi connectivity index (χ4n) is 4.06. The van der Waals surface area contributed by atoms with E-state index in [0.717, 1.165) is 5.56 Å². The third-order valence-corrected chi connectivity index (χ3v) is 5.88. The predicted molar refractivity (Wildman–Crippen MR) is 118 cm³/mol. The minimum atomic E-state index is -0.640. The molecule has 7 nitrogen and oxygen atoms in total. The van der Waals surface area contributed by atoms with E-state index in [1.54, 1.807) is 19.1 Å². The van der Waals surface area contributed by atoms with Gasteiger partial charge in [-0.05, 0) is 47.9 Å². The van der Waals surface area contributed by atoms with Gasteiger partial charge in [0.1, 0.15) is 11.6 Å². The Kier molecular flexibility index (Phi) is 5.16. The number of rotatable bonds is 5. The number of nitrogens with two attached hydrogens (primary N) is 1. The van der Waals surface area contributed by atoms with E-state index < -0.39 is 16.4 Å². The number of nitro groups is 1. The van der Waals surface area contributed by atoms with Gasteiger partial charge in [-0.15, -0.1) is 0 Å². The molecule has 1 aliphatic rings. The van der Waals surface area contributed by atoms with Crippen molar-refractivity contribution in [3.8, 4) is 16.9 Å². The molecular formula is C24H22FN3O4. The predicted octanol–water partition coefficient (Wildman–Crippen LogP) is 4.78. The molecule has 0 saturated heterocycles.